The van der Waals surface area contributed by atoms with Gasteiger partial charge in [0.1, 0.15) is 17.5 Å². The van der Waals surface area contributed by atoms with Crippen molar-refractivity contribution in [2.24, 2.45) is 12.8 Å². The van der Waals surface area contributed by atoms with Crippen molar-refractivity contribution in [3.05, 3.63) is 24.0 Å². The number of piperidine rings is 1. The molecule has 0 bridgehead atoms. The minimum Gasteiger partial charge on any atom is -0.490 e. The van der Waals surface area contributed by atoms with E-state index in [2.05, 4.69) is 25.4 Å². The van der Waals surface area contributed by atoms with Crippen LogP contribution in [0.2, 0.25) is 0 Å². The molecule has 1 aliphatic rings. The predicted molar refractivity (Wildman–Crippen MR) is 77.4 cm³/mol. The molecule has 3 heterocycles. The van der Waals surface area contributed by atoms with Crippen LogP contribution in [-0.4, -0.2) is 50.3 Å². The van der Waals surface area contributed by atoms with E-state index >= 15 is 0 Å². The van der Waals surface area contributed by atoms with Gasteiger partial charge in [0.05, 0.1) is 0 Å². The fourth-order valence-corrected chi connectivity index (χ4v) is 2.48. The summed E-state index contributed by atoms with van der Waals surface area (Å²) in [6, 6.07) is 3.30. The minimum atomic E-state index is -0.560. The standard InChI is InChI=1S/C13H17N7O2/c1-19-13(16-17-18-19)20-6-3-9(4-7-20)22-10-2-5-15-11(8-10)12(14)21/h2,5,8-9H,3-4,6-7H2,1H3,(H2,14,21). The molecule has 1 aliphatic heterocycles. The number of carbonyl (C=O) groups is 1. The maximum atomic E-state index is 11.1. The van der Waals surface area contributed by atoms with Gasteiger partial charge in [0.15, 0.2) is 0 Å². The molecule has 2 aromatic rings. The molecule has 2 aromatic heterocycles. The van der Waals surface area contributed by atoms with Crippen molar-refractivity contribution in [1.29, 1.82) is 0 Å². The van der Waals surface area contributed by atoms with Gasteiger partial charge in [-0.25, -0.2) is 4.68 Å². The van der Waals surface area contributed by atoms with Gasteiger partial charge in [-0.15, -0.1) is 0 Å². The van der Waals surface area contributed by atoms with E-state index in [-0.39, 0.29) is 11.8 Å². The summed E-state index contributed by atoms with van der Waals surface area (Å²) in [5.74, 6) is 0.816. The summed E-state index contributed by atoms with van der Waals surface area (Å²) in [6.07, 6.45) is 3.30. The van der Waals surface area contributed by atoms with E-state index in [1.807, 2.05) is 7.05 Å². The van der Waals surface area contributed by atoms with Crippen molar-refractivity contribution in [2.45, 2.75) is 18.9 Å². The molecule has 1 saturated heterocycles. The SMILES string of the molecule is Cn1nnnc1N1CCC(Oc2ccnc(C(N)=O)c2)CC1. The number of pyridine rings is 1. The van der Waals surface area contributed by atoms with Gasteiger partial charge < -0.3 is 15.4 Å². The number of nitrogens with zero attached hydrogens (tertiary/aromatic N) is 6. The van der Waals surface area contributed by atoms with Crippen molar-refractivity contribution < 1.29 is 9.53 Å². The maximum Gasteiger partial charge on any atom is 0.267 e. The molecule has 0 saturated carbocycles. The van der Waals surface area contributed by atoms with Crippen molar-refractivity contribution >= 4 is 11.9 Å². The number of rotatable bonds is 4. The summed E-state index contributed by atoms with van der Waals surface area (Å²) in [5, 5.41) is 11.5. The third-order valence-electron chi connectivity index (χ3n) is 3.61. The summed E-state index contributed by atoms with van der Waals surface area (Å²) < 4.78 is 7.57. The third kappa shape index (κ3) is 2.97. The summed E-state index contributed by atoms with van der Waals surface area (Å²) in [4.78, 5) is 17.2. The molecule has 22 heavy (non-hydrogen) atoms. The number of carbonyl (C=O) groups excluding carboxylic acids is 1. The molecule has 116 valence electrons. The summed E-state index contributed by atoms with van der Waals surface area (Å²) in [6.45, 7) is 1.62. The fourth-order valence-electron chi connectivity index (χ4n) is 2.48. The van der Waals surface area contributed by atoms with Crippen LogP contribution in [0.25, 0.3) is 0 Å². The highest BCUT2D eigenvalue weighted by Crippen LogP contribution is 2.21. The highest BCUT2D eigenvalue weighted by Gasteiger charge is 2.23. The van der Waals surface area contributed by atoms with E-state index in [0.29, 0.717) is 5.75 Å². The zero-order valence-electron chi connectivity index (χ0n) is 12.2. The summed E-state index contributed by atoms with van der Waals surface area (Å²) >= 11 is 0. The fraction of sp³-hybridized carbons (Fsp3) is 0.462. The van der Waals surface area contributed by atoms with Crippen LogP contribution in [0.3, 0.4) is 0 Å². The Morgan fingerprint density at radius 3 is 2.82 bits per heavy atom. The number of anilines is 1. The average molecular weight is 303 g/mol. The van der Waals surface area contributed by atoms with E-state index in [0.717, 1.165) is 31.9 Å². The monoisotopic (exact) mass is 303 g/mol. The van der Waals surface area contributed by atoms with Crippen LogP contribution >= 0.6 is 0 Å². The number of tetrazole rings is 1. The Hall–Kier alpha value is -2.71. The second-order valence-corrected chi connectivity index (χ2v) is 5.15. The lowest BCUT2D eigenvalue weighted by Gasteiger charge is -2.32. The number of hydrogen-bond donors (Lipinski definition) is 1. The first-order valence-electron chi connectivity index (χ1n) is 7.03. The number of hydrogen-bond acceptors (Lipinski definition) is 7. The smallest absolute Gasteiger partial charge is 0.267 e. The van der Waals surface area contributed by atoms with Gasteiger partial charge in [0.2, 0.25) is 5.95 Å². The van der Waals surface area contributed by atoms with Gasteiger partial charge in [0, 0.05) is 45.2 Å². The minimum absolute atomic E-state index is 0.0839. The molecular weight excluding hydrogens is 286 g/mol. The van der Waals surface area contributed by atoms with Gasteiger partial charge in [-0.1, -0.05) is 5.10 Å². The molecule has 9 heteroatoms. The van der Waals surface area contributed by atoms with Gasteiger partial charge >= 0.3 is 0 Å². The van der Waals surface area contributed by atoms with Gasteiger partial charge in [0.25, 0.3) is 5.91 Å². The zero-order chi connectivity index (χ0) is 15.5. The van der Waals surface area contributed by atoms with Gasteiger partial charge in [-0.05, 0) is 16.5 Å². The Kier molecular flexibility index (Phi) is 3.86. The molecule has 3 rings (SSSR count). The van der Waals surface area contributed by atoms with Crippen LogP contribution in [0, 0.1) is 0 Å². The Bertz CT molecular complexity index is 664. The first-order valence-corrected chi connectivity index (χ1v) is 7.03. The van der Waals surface area contributed by atoms with Crippen LogP contribution in [0.4, 0.5) is 5.95 Å². The zero-order valence-corrected chi connectivity index (χ0v) is 12.2. The molecule has 0 aliphatic carbocycles. The topological polar surface area (TPSA) is 112 Å². The lowest BCUT2D eigenvalue weighted by Crippen LogP contribution is -2.39. The number of aromatic nitrogens is 5. The Balaban J connectivity index is 1.59. The van der Waals surface area contributed by atoms with Crippen LogP contribution in [0.5, 0.6) is 5.75 Å². The lowest BCUT2D eigenvalue weighted by atomic mass is 10.1. The van der Waals surface area contributed by atoms with E-state index < -0.39 is 5.91 Å². The Morgan fingerprint density at radius 2 is 2.18 bits per heavy atom. The highest BCUT2D eigenvalue weighted by atomic mass is 16.5. The number of aryl methyl sites for hydroxylation is 1. The van der Waals surface area contributed by atoms with Gasteiger partial charge in [-0.3, -0.25) is 9.78 Å². The molecular formula is C13H17N7O2. The Labute approximate surface area is 127 Å². The average Bonchev–Trinajstić information content (AvgIpc) is 2.94. The van der Waals surface area contributed by atoms with Crippen molar-refractivity contribution in [3.8, 4) is 5.75 Å². The third-order valence-corrected chi connectivity index (χ3v) is 3.61. The van der Waals surface area contributed by atoms with Crippen LogP contribution in [0.1, 0.15) is 23.3 Å². The quantitative estimate of drug-likeness (QED) is 0.828. The van der Waals surface area contributed by atoms with Crippen LogP contribution in [0.15, 0.2) is 18.3 Å². The second kappa shape index (κ2) is 5.96. The van der Waals surface area contributed by atoms with Crippen molar-refractivity contribution in [1.82, 2.24) is 25.2 Å². The molecule has 1 amide bonds. The summed E-state index contributed by atoms with van der Waals surface area (Å²) in [5.41, 5.74) is 5.43. The number of amides is 1. The molecule has 0 aromatic carbocycles. The molecule has 0 spiro atoms. The number of ether oxygens (including phenoxy) is 1. The molecule has 0 radical (unpaired) electrons. The van der Waals surface area contributed by atoms with Crippen molar-refractivity contribution in [2.75, 3.05) is 18.0 Å². The summed E-state index contributed by atoms with van der Waals surface area (Å²) in [7, 11) is 1.82. The maximum absolute atomic E-state index is 11.1. The van der Waals surface area contributed by atoms with Crippen LogP contribution < -0.4 is 15.4 Å². The van der Waals surface area contributed by atoms with E-state index in [9.17, 15) is 4.79 Å². The highest BCUT2D eigenvalue weighted by molar-refractivity contribution is 5.91. The molecule has 0 atom stereocenters. The number of nitrogens with two attached hydrogens (primary N) is 1. The van der Waals surface area contributed by atoms with E-state index in [4.69, 9.17) is 10.5 Å². The van der Waals surface area contributed by atoms with Gasteiger partial charge in [-0.2, -0.15) is 0 Å². The van der Waals surface area contributed by atoms with E-state index in [1.54, 1.807) is 16.8 Å². The molecule has 9 nitrogen and oxygen atoms in total. The number of primary amides is 1. The first kappa shape index (κ1) is 14.2. The Morgan fingerprint density at radius 1 is 1.41 bits per heavy atom. The second-order valence-electron chi connectivity index (χ2n) is 5.15. The normalized spacial score (nSPS) is 15.8. The van der Waals surface area contributed by atoms with E-state index in [1.165, 1.54) is 6.20 Å². The lowest BCUT2D eigenvalue weighted by molar-refractivity contribution is 0.0994. The molecule has 0 unspecified atom stereocenters. The predicted octanol–water partition coefficient (Wildman–Crippen LogP) is -0.248. The largest absolute Gasteiger partial charge is 0.490 e. The van der Waals surface area contributed by atoms with Crippen LogP contribution in [-0.2, 0) is 7.05 Å². The first-order chi connectivity index (χ1) is 10.6. The molecule has 2 N–H and O–H groups in total. The van der Waals surface area contributed by atoms with Crippen molar-refractivity contribution in [3.63, 3.8) is 0 Å². The molecule has 1 fully saturated rings.